The van der Waals surface area contributed by atoms with Gasteiger partial charge in [-0.05, 0) is 41.8 Å². The van der Waals surface area contributed by atoms with Crippen molar-refractivity contribution in [2.24, 2.45) is 0 Å². The molecule has 0 fully saturated rings. The third kappa shape index (κ3) is 3.54. The van der Waals surface area contributed by atoms with Gasteiger partial charge < -0.3 is 10.3 Å². The van der Waals surface area contributed by atoms with Crippen LogP contribution in [0.15, 0.2) is 53.3 Å². The lowest BCUT2D eigenvalue weighted by atomic mass is 10.0. The zero-order valence-electron chi connectivity index (χ0n) is 13.8. The van der Waals surface area contributed by atoms with E-state index in [1.165, 1.54) is 0 Å². The van der Waals surface area contributed by atoms with E-state index >= 15 is 0 Å². The van der Waals surface area contributed by atoms with Gasteiger partial charge in [-0.3, -0.25) is 9.59 Å². The molecule has 0 bridgehead atoms. The van der Waals surface area contributed by atoms with Crippen LogP contribution in [0.25, 0.3) is 10.8 Å². The summed E-state index contributed by atoms with van der Waals surface area (Å²) in [6.45, 7) is 3.97. The highest BCUT2D eigenvalue weighted by Crippen LogP contribution is 2.16. The molecule has 0 radical (unpaired) electrons. The predicted octanol–water partition coefficient (Wildman–Crippen LogP) is 3.00. The Labute approximate surface area is 140 Å². The average Bonchev–Trinajstić information content (AvgIpc) is 2.53. The summed E-state index contributed by atoms with van der Waals surface area (Å²) in [7, 11) is 0. The fourth-order valence-corrected chi connectivity index (χ4v) is 2.88. The van der Waals surface area contributed by atoms with E-state index < -0.39 is 0 Å². The van der Waals surface area contributed by atoms with Crippen molar-refractivity contribution >= 4 is 16.7 Å². The lowest BCUT2D eigenvalue weighted by Crippen LogP contribution is -2.29. The number of H-pyrrole nitrogens is 1. The predicted molar refractivity (Wildman–Crippen MR) is 96.0 cm³/mol. The summed E-state index contributed by atoms with van der Waals surface area (Å²) in [5.74, 6) is -0.0929. The first-order chi connectivity index (χ1) is 11.5. The van der Waals surface area contributed by atoms with Crippen LogP contribution in [-0.2, 0) is 17.8 Å². The van der Waals surface area contributed by atoms with E-state index in [4.69, 9.17) is 0 Å². The van der Waals surface area contributed by atoms with E-state index in [-0.39, 0.29) is 18.0 Å². The minimum Gasteiger partial charge on any atom is -0.352 e. The summed E-state index contributed by atoms with van der Waals surface area (Å²) in [5, 5.41) is 5.11. The van der Waals surface area contributed by atoms with Gasteiger partial charge in [0.05, 0.1) is 6.42 Å². The van der Waals surface area contributed by atoms with Crippen molar-refractivity contribution in [2.75, 3.05) is 0 Å². The van der Waals surface area contributed by atoms with Gasteiger partial charge in [0.1, 0.15) is 0 Å². The van der Waals surface area contributed by atoms with Crippen molar-refractivity contribution in [1.29, 1.82) is 0 Å². The maximum absolute atomic E-state index is 12.2. The molecule has 0 aliphatic rings. The lowest BCUT2D eigenvalue weighted by Gasteiger charge is -2.09. The summed E-state index contributed by atoms with van der Waals surface area (Å²) in [6.07, 6.45) is 0.299. The number of aromatic amines is 1. The number of carbonyl (C=O) groups excluding carboxylic acids is 1. The van der Waals surface area contributed by atoms with Crippen LogP contribution < -0.4 is 10.9 Å². The van der Waals surface area contributed by atoms with Gasteiger partial charge in [0.2, 0.25) is 5.91 Å². The zero-order chi connectivity index (χ0) is 17.1. The molecule has 0 spiro atoms. The number of hydrogen-bond donors (Lipinski definition) is 2. The first-order valence-electron chi connectivity index (χ1n) is 7.97. The molecule has 1 heterocycles. The lowest BCUT2D eigenvalue weighted by molar-refractivity contribution is -0.120. The van der Waals surface area contributed by atoms with Crippen LogP contribution in [-0.4, -0.2) is 10.9 Å². The number of rotatable bonds is 4. The van der Waals surface area contributed by atoms with Gasteiger partial charge in [-0.1, -0.05) is 42.5 Å². The highest BCUT2D eigenvalue weighted by Gasteiger charge is 2.08. The zero-order valence-corrected chi connectivity index (χ0v) is 13.8. The molecule has 0 saturated heterocycles. The Kier molecular flexibility index (Phi) is 4.47. The number of hydrogen-bond acceptors (Lipinski definition) is 2. The number of amides is 1. The molecular weight excluding hydrogens is 300 g/mol. The third-order valence-electron chi connectivity index (χ3n) is 4.13. The van der Waals surface area contributed by atoms with Gasteiger partial charge in [-0.25, -0.2) is 0 Å². The third-order valence-corrected chi connectivity index (χ3v) is 4.13. The minimum absolute atomic E-state index is 0.0929. The number of carbonyl (C=O) groups is 1. The van der Waals surface area contributed by atoms with Crippen molar-refractivity contribution in [2.45, 2.75) is 26.8 Å². The van der Waals surface area contributed by atoms with Gasteiger partial charge in [-0.15, -0.1) is 0 Å². The summed E-state index contributed by atoms with van der Waals surface area (Å²) in [6, 6.07) is 16.0. The molecule has 1 amide bonds. The molecule has 4 nitrogen and oxygen atoms in total. The smallest absolute Gasteiger partial charge is 0.253 e. The van der Waals surface area contributed by atoms with E-state index in [0.29, 0.717) is 12.0 Å². The number of benzene rings is 2. The Morgan fingerprint density at radius 3 is 2.54 bits per heavy atom. The largest absolute Gasteiger partial charge is 0.352 e. The molecule has 2 N–H and O–H groups in total. The van der Waals surface area contributed by atoms with Gasteiger partial charge in [0.15, 0.2) is 0 Å². The molecule has 0 unspecified atom stereocenters. The Bertz CT molecular complexity index is 957. The minimum atomic E-state index is -0.140. The Hall–Kier alpha value is -2.88. The van der Waals surface area contributed by atoms with E-state index in [9.17, 15) is 9.59 Å². The van der Waals surface area contributed by atoms with Crippen molar-refractivity contribution < 1.29 is 4.79 Å². The van der Waals surface area contributed by atoms with Gasteiger partial charge in [0, 0.05) is 17.8 Å². The van der Waals surface area contributed by atoms with E-state index in [1.807, 2.05) is 62.4 Å². The SMILES string of the molecule is Cc1cc(C)c(CNC(=O)Cc2ccc3ccccc3c2)c(=O)[nH]1. The van der Waals surface area contributed by atoms with E-state index in [1.54, 1.807) is 0 Å². The highest BCUT2D eigenvalue weighted by atomic mass is 16.1. The summed E-state index contributed by atoms with van der Waals surface area (Å²) in [5.41, 5.74) is 3.14. The normalized spacial score (nSPS) is 10.8. The van der Waals surface area contributed by atoms with Crippen molar-refractivity contribution in [3.05, 3.63) is 81.3 Å². The van der Waals surface area contributed by atoms with Crippen molar-refractivity contribution in [1.82, 2.24) is 10.3 Å². The van der Waals surface area contributed by atoms with Crippen LogP contribution in [0, 0.1) is 13.8 Å². The van der Waals surface area contributed by atoms with Gasteiger partial charge in [0.25, 0.3) is 5.56 Å². The molecular formula is C20H20N2O2. The molecule has 0 saturated carbocycles. The van der Waals surface area contributed by atoms with E-state index in [2.05, 4.69) is 10.3 Å². The molecule has 0 atom stereocenters. The summed E-state index contributed by atoms with van der Waals surface area (Å²) in [4.78, 5) is 26.9. The van der Waals surface area contributed by atoms with Crippen LogP contribution in [0.3, 0.4) is 0 Å². The number of aryl methyl sites for hydroxylation is 2. The maximum atomic E-state index is 12.2. The fourth-order valence-electron chi connectivity index (χ4n) is 2.88. The van der Waals surface area contributed by atoms with Crippen LogP contribution in [0.5, 0.6) is 0 Å². The Morgan fingerprint density at radius 2 is 1.79 bits per heavy atom. The molecule has 3 rings (SSSR count). The molecule has 0 aliphatic heterocycles. The molecule has 3 aromatic rings. The van der Waals surface area contributed by atoms with Crippen LogP contribution in [0.2, 0.25) is 0 Å². The number of pyridine rings is 1. The number of aromatic nitrogens is 1. The fraction of sp³-hybridized carbons (Fsp3) is 0.200. The van der Waals surface area contributed by atoms with Crippen LogP contribution in [0.1, 0.15) is 22.4 Å². The average molecular weight is 320 g/mol. The quantitative estimate of drug-likeness (QED) is 0.776. The number of nitrogens with one attached hydrogen (secondary N) is 2. The second kappa shape index (κ2) is 6.71. The van der Waals surface area contributed by atoms with Crippen molar-refractivity contribution in [3.63, 3.8) is 0 Å². The van der Waals surface area contributed by atoms with E-state index in [0.717, 1.165) is 27.6 Å². The topological polar surface area (TPSA) is 62.0 Å². The van der Waals surface area contributed by atoms with Gasteiger partial charge >= 0.3 is 0 Å². The van der Waals surface area contributed by atoms with Crippen molar-refractivity contribution in [3.8, 4) is 0 Å². The Balaban J connectivity index is 1.68. The Morgan fingerprint density at radius 1 is 1.04 bits per heavy atom. The summed E-state index contributed by atoms with van der Waals surface area (Å²) < 4.78 is 0. The molecule has 2 aromatic carbocycles. The second-order valence-electron chi connectivity index (χ2n) is 6.08. The molecule has 1 aromatic heterocycles. The highest BCUT2D eigenvalue weighted by molar-refractivity contribution is 5.85. The van der Waals surface area contributed by atoms with Gasteiger partial charge in [-0.2, -0.15) is 0 Å². The summed E-state index contributed by atoms with van der Waals surface area (Å²) >= 11 is 0. The molecule has 122 valence electrons. The second-order valence-corrected chi connectivity index (χ2v) is 6.08. The molecule has 0 aliphatic carbocycles. The first kappa shape index (κ1) is 16.0. The molecule has 4 heteroatoms. The first-order valence-corrected chi connectivity index (χ1v) is 7.97. The standard InChI is InChI=1S/C20H20N2O2/c1-13-9-14(2)22-20(24)18(13)12-21-19(23)11-15-7-8-16-5-3-4-6-17(16)10-15/h3-10H,11-12H2,1-2H3,(H,21,23)(H,22,24). The van der Waals surface area contributed by atoms with Crippen LogP contribution >= 0.6 is 0 Å². The monoisotopic (exact) mass is 320 g/mol. The van der Waals surface area contributed by atoms with Crippen LogP contribution in [0.4, 0.5) is 0 Å². The number of fused-ring (bicyclic) bond motifs is 1. The molecule has 24 heavy (non-hydrogen) atoms. The maximum Gasteiger partial charge on any atom is 0.253 e.